The van der Waals surface area contributed by atoms with Crippen molar-refractivity contribution in [2.45, 2.75) is 33.4 Å². The molecule has 24 heavy (non-hydrogen) atoms. The summed E-state index contributed by atoms with van der Waals surface area (Å²) < 4.78 is 12.5. The molecule has 0 bridgehead atoms. The number of nitrogens with one attached hydrogen (secondary N) is 1. The topological polar surface area (TPSA) is 85.4 Å². The molecule has 0 saturated heterocycles. The van der Waals surface area contributed by atoms with E-state index < -0.39 is 0 Å². The average molecular weight is 333 g/mol. The SMILES string of the molecule is CCNC(=O)N1CCc2c(c(-c3cocn3)nn2CCOCC)C1. The number of nitrogens with zero attached hydrogens (tertiary/aromatic N) is 4. The Morgan fingerprint density at radius 3 is 3.04 bits per heavy atom. The molecule has 0 unspecified atom stereocenters. The lowest BCUT2D eigenvalue weighted by molar-refractivity contribution is 0.135. The number of hydrogen-bond acceptors (Lipinski definition) is 5. The Hall–Kier alpha value is -2.35. The Labute approximate surface area is 140 Å². The minimum absolute atomic E-state index is 0.0451. The summed E-state index contributed by atoms with van der Waals surface area (Å²) in [5, 5.41) is 7.56. The van der Waals surface area contributed by atoms with Gasteiger partial charge in [-0.05, 0) is 13.8 Å². The molecule has 3 heterocycles. The van der Waals surface area contributed by atoms with Crippen molar-refractivity contribution in [1.82, 2.24) is 25.0 Å². The van der Waals surface area contributed by atoms with Crippen LogP contribution in [-0.4, -0.2) is 52.0 Å². The molecule has 0 saturated carbocycles. The van der Waals surface area contributed by atoms with Gasteiger partial charge in [-0.2, -0.15) is 5.10 Å². The van der Waals surface area contributed by atoms with E-state index in [9.17, 15) is 4.79 Å². The van der Waals surface area contributed by atoms with Crippen molar-refractivity contribution in [2.24, 2.45) is 0 Å². The van der Waals surface area contributed by atoms with Gasteiger partial charge in [0, 0.05) is 37.4 Å². The Morgan fingerprint density at radius 1 is 1.46 bits per heavy atom. The molecule has 0 fully saturated rings. The van der Waals surface area contributed by atoms with E-state index in [0.717, 1.165) is 23.4 Å². The summed E-state index contributed by atoms with van der Waals surface area (Å²) >= 11 is 0. The smallest absolute Gasteiger partial charge is 0.317 e. The molecular weight excluding hydrogens is 310 g/mol. The van der Waals surface area contributed by atoms with E-state index in [0.29, 0.717) is 45.1 Å². The number of oxazole rings is 1. The van der Waals surface area contributed by atoms with Gasteiger partial charge < -0.3 is 19.4 Å². The first kappa shape index (κ1) is 16.5. The highest BCUT2D eigenvalue weighted by molar-refractivity contribution is 5.75. The molecule has 8 heteroatoms. The maximum atomic E-state index is 12.2. The van der Waals surface area contributed by atoms with Gasteiger partial charge in [-0.25, -0.2) is 9.78 Å². The summed E-state index contributed by atoms with van der Waals surface area (Å²) in [6.07, 6.45) is 3.75. The van der Waals surface area contributed by atoms with Crippen LogP contribution in [0.1, 0.15) is 25.1 Å². The summed E-state index contributed by atoms with van der Waals surface area (Å²) in [7, 11) is 0. The fourth-order valence-corrected chi connectivity index (χ4v) is 2.94. The Kier molecular flexibility index (Phi) is 5.14. The maximum absolute atomic E-state index is 12.2. The molecule has 3 rings (SSSR count). The molecule has 2 aromatic heterocycles. The minimum atomic E-state index is -0.0451. The molecule has 0 spiro atoms. The molecule has 0 radical (unpaired) electrons. The number of carbonyl (C=O) groups excluding carboxylic acids is 1. The van der Waals surface area contributed by atoms with Crippen molar-refractivity contribution in [3.63, 3.8) is 0 Å². The normalized spacial score (nSPS) is 13.8. The van der Waals surface area contributed by atoms with E-state index in [1.54, 1.807) is 6.26 Å². The number of fused-ring (bicyclic) bond motifs is 1. The molecular formula is C16H23N5O3. The van der Waals surface area contributed by atoms with Crippen LogP contribution in [0.4, 0.5) is 4.79 Å². The van der Waals surface area contributed by atoms with Crippen molar-refractivity contribution >= 4 is 6.03 Å². The number of aromatic nitrogens is 3. The largest absolute Gasteiger partial charge is 0.451 e. The number of amides is 2. The lowest BCUT2D eigenvalue weighted by Crippen LogP contribution is -2.42. The van der Waals surface area contributed by atoms with E-state index in [2.05, 4.69) is 10.3 Å². The fraction of sp³-hybridized carbons (Fsp3) is 0.562. The van der Waals surface area contributed by atoms with Crippen LogP contribution in [0, 0.1) is 0 Å². The quantitative estimate of drug-likeness (QED) is 0.813. The third-order valence-corrected chi connectivity index (χ3v) is 4.08. The summed E-state index contributed by atoms with van der Waals surface area (Å²) in [5.41, 5.74) is 3.66. The third kappa shape index (κ3) is 3.28. The molecule has 0 atom stereocenters. The number of urea groups is 1. The van der Waals surface area contributed by atoms with E-state index in [1.807, 2.05) is 23.4 Å². The van der Waals surface area contributed by atoms with Crippen LogP contribution in [0.5, 0.6) is 0 Å². The van der Waals surface area contributed by atoms with Crippen molar-refractivity contribution in [1.29, 1.82) is 0 Å². The second kappa shape index (κ2) is 7.48. The monoisotopic (exact) mass is 333 g/mol. The summed E-state index contributed by atoms with van der Waals surface area (Å²) in [6.45, 7) is 7.70. The first-order valence-electron chi connectivity index (χ1n) is 8.32. The first-order valence-corrected chi connectivity index (χ1v) is 8.32. The second-order valence-corrected chi connectivity index (χ2v) is 5.57. The Bertz CT molecular complexity index is 680. The van der Waals surface area contributed by atoms with Gasteiger partial charge in [-0.1, -0.05) is 0 Å². The highest BCUT2D eigenvalue weighted by Crippen LogP contribution is 2.29. The highest BCUT2D eigenvalue weighted by atomic mass is 16.5. The van der Waals surface area contributed by atoms with Crippen molar-refractivity contribution in [3.8, 4) is 11.4 Å². The number of rotatable bonds is 6. The van der Waals surface area contributed by atoms with Crippen LogP contribution in [0.25, 0.3) is 11.4 Å². The summed E-state index contributed by atoms with van der Waals surface area (Å²) in [5.74, 6) is 0. The van der Waals surface area contributed by atoms with Crippen LogP contribution < -0.4 is 5.32 Å². The zero-order valence-corrected chi connectivity index (χ0v) is 14.1. The predicted octanol–water partition coefficient (Wildman–Crippen LogP) is 1.66. The molecule has 8 nitrogen and oxygen atoms in total. The van der Waals surface area contributed by atoms with Gasteiger partial charge >= 0.3 is 6.03 Å². The van der Waals surface area contributed by atoms with E-state index in [-0.39, 0.29) is 6.03 Å². The van der Waals surface area contributed by atoms with Crippen LogP contribution in [0.3, 0.4) is 0 Å². The van der Waals surface area contributed by atoms with E-state index in [1.165, 1.54) is 6.39 Å². The summed E-state index contributed by atoms with van der Waals surface area (Å²) in [6, 6.07) is -0.0451. The van der Waals surface area contributed by atoms with Crippen LogP contribution >= 0.6 is 0 Å². The predicted molar refractivity (Wildman–Crippen MR) is 87.4 cm³/mol. The molecule has 1 aliphatic rings. The molecule has 0 aliphatic carbocycles. The van der Waals surface area contributed by atoms with E-state index >= 15 is 0 Å². The number of carbonyl (C=O) groups is 1. The molecule has 2 amide bonds. The Morgan fingerprint density at radius 2 is 2.33 bits per heavy atom. The van der Waals surface area contributed by atoms with Gasteiger partial charge in [-0.15, -0.1) is 0 Å². The minimum Gasteiger partial charge on any atom is -0.451 e. The lowest BCUT2D eigenvalue weighted by atomic mass is 10.0. The van der Waals surface area contributed by atoms with Crippen molar-refractivity contribution < 1.29 is 13.9 Å². The molecule has 1 N–H and O–H groups in total. The van der Waals surface area contributed by atoms with Gasteiger partial charge in [-0.3, -0.25) is 4.68 Å². The van der Waals surface area contributed by atoms with Gasteiger partial charge in [0.2, 0.25) is 0 Å². The number of hydrogen-bond donors (Lipinski definition) is 1. The van der Waals surface area contributed by atoms with Crippen molar-refractivity contribution in [2.75, 3.05) is 26.3 Å². The second-order valence-electron chi connectivity index (χ2n) is 5.57. The van der Waals surface area contributed by atoms with Crippen LogP contribution in [0.15, 0.2) is 17.1 Å². The van der Waals surface area contributed by atoms with Gasteiger partial charge in [0.1, 0.15) is 17.7 Å². The standard InChI is InChI=1S/C16H23N5O3/c1-3-17-16(22)20-6-5-14-12(9-20)15(13-10-24-11-18-13)19-21(14)7-8-23-4-2/h10-11H,3-9H2,1-2H3,(H,17,22). The fourth-order valence-electron chi connectivity index (χ4n) is 2.94. The van der Waals surface area contributed by atoms with Crippen molar-refractivity contribution in [3.05, 3.63) is 23.9 Å². The number of ether oxygens (including phenoxy) is 1. The first-order chi connectivity index (χ1) is 11.7. The van der Waals surface area contributed by atoms with Gasteiger partial charge in [0.15, 0.2) is 6.39 Å². The van der Waals surface area contributed by atoms with Crippen LogP contribution in [-0.2, 0) is 24.2 Å². The zero-order chi connectivity index (χ0) is 16.9. The Balaban J connectivity index is 1.89. The zero-order valence-electron chi connectivity index (χ0n) is 14.1. The van der Waals surface area contributed by atoms with Gasteiger partial charge in [0.05, 0.1) is 19.7 Å². The average Bonchev–Trinajstić information content (AvgIpc) is 3.23. The molecule has 1 aliphatic heterocycles. The third-order valence-electron chi connectivity index (χ3n) is 4.08. The summed E-state index contributed by atoms with van der Waals surface area (Å²) in [4.78, 5) is 18.2. The lowest BCUT2D eigenvalue weighted by Gasteiger charge is -2.27. The molecule has 130 valence electrons. The highest BCUT2D eigenvalue weighted by Gasteiger charge is 2.28. The molecule has 0 aromatic carbocycles. The van der Waals surface area contributed by atoms with Crippen LogP contribution in [0.2, 0.25) is 0 Å². The maximum Gasteiger partial charge on any atom is 0.317 e. The van der Waals surface area contributed by atoms with E-state index in [4.69, 9.17) is 14.3 Å². The molecule has 2 aromatic rings. The van der Waals surface area contributed by atoms with Gasteiger partial charge in [0.25, 0.3) is 0 Å².